The molecule has 13 heavy (non-hydrogen) atoms. The highest BCUT2D eigenvalue weighted by Gasteiger charge is 2.41. The summed E-state index contributed by atoms with van der Waals surface area (Å²) in [5, 5.41) is 0. The molecule has 2 fully saturated rings. The number of rotatable bonds is 0. The van der Waals surface area contributed by atoms with E-state index in [1.54, 1.807) is 0 Å². The van der Waals surface area contributed by atoms with Gasteiger partial charge in [-0.15, -0.1) is 0 Å². The fourth-order valence-electron chi connectivity index (χ4n) is 3.03. The maximum atomic E-state index is 2.50. The molecule has 1 aliphatic carbocycles. The highest BCUT2D eigenvalue weighted by atomic mass is 15.1. The molecular weight excluding hydrogens is 158 g/mol. The highest BCUT2D eigenvalue weighted by Crippen LogP contribution is 2.47. The molecule has 2 rings (SSSR count). The lowest BCUT2D eigenvalue weighted by molar-refractivity contribution is 0.281. The van der Waals surface area contributed by atoms with Crippen molar-refractivity contribution in [2.24, 2.45) is 11.3 Å². The lowest BCUT2D eigenvalue weighted by atomic mass is 9.85. The predicted molar refractivity (Wildman–Crippen MR) is 58.9 cm³/mol. The van der Waals surface area contributed by atoms with Crippen LogP contribution in [0.15, 0.2) is 0 Å². The van der Waals surface area contributed by atoms with Gasteiger partial charge in [0.15, 0.2) is 0 Å². The van der Waals surface area contributed by atoms with E-state index in [0.29, 0.717) is 0 Å². The number of likely N-dealkylation sites (tertiary alicyclic amines) is 1. The highest BCUT2D eigenvalue weighted by molar-refractivity contribution is 4.94. The molecule has 0 aromatic carbocycles. The summed E-state index contributed by atoms with van der Waals surface area (Å²) in [5.41, 5.74) is 0.758. The molecule has 0 N–H and O–H groups in total. The maximum Gasteiger partial charge on any atom is 0.00355 e. The van der Waals surface area contributed by atoms with Crippen LogP contribution in [0.25, 0.3) is 0 Å². The lowest BCUT2D eigenvalue weighted by Gasteiger charge is -2.22. The third kappa shape index (κ3) is 2.46. The largest absolute Gasteiger partial charge is 0.306 e. The van der Waals surface area contributed by atoms with Gasteiger partial charge in [-0.2, -0.15) is 0 Å². The zero-order chi connectivity index (χ0) is 9.90. The van der Waals surface area contributed by atoms with E-state index in [1.807, 2.05) is 13.8 Å². The summed E-state index contributed by atoms with van der Waals surface area (Å²) in [6.45, 7) is 9.12. The quantitative estimate of drug-likeness (QED) is 0.557. The second-order valence-electron chi connectivity index (χ2n) is 4.84. The van der Waals surface area contributed by atoms with Crippen LogP contribution in [0.5, 0.6) is 0 Å². The molecule has 1 spiro atoms. The zero-order valence-corrected chi connectivity index (χ0v) is 9.77. The van der Waals surface area contributed by atoms with Crippen LogP contribution in [0.2, 0.25) is 0 Å². The molecule has 1 saturated heterocycles. The Morgan fingerprint density at radius 3 is 2.31 bits per heavy atom. The summed E-state index contributed by atoms with van der Waals surface area (Å²) in [4.78, 5) is 2.50. The van der Waals surface area contributed by atoms with Gasteiger partial charge in [-0.3, -0.25) is 0 Å². The first-order chi connectivity index (χ1) is 6.20. The molecule has 0 radical (unpaired) electrons. The third-order valence-corrected chi connectivity index (χ3v) is 3.58. The Bertz CT molecular complexity index is 135. The van der Waals surface area contributed by atoms with Gasteiger partial charge in [0.25, 0.3) is 0 Å². The Balaban J connectivity index is 0.000000396. The molecule has 0 amide bonds. The Labute approximate surface area is 83.5 Å². The van der Waals surface area contributed by atoms with Gasteiger partial charge in [0.05, 0.1) is 0 Å². The summed E-state index contributed by atoms with van der Waals surface area (Å²) < 4.78 is 0. The minimum absolute atomic E-state index is 0.758. The van der Waals surface area contributed by atoms with Crippen LogP contribution in [0.4, 0.5) is 0 Å². The minimum Gasteiger partial charge on any atom is -0.306 e. The smallest absolute Gasteiger partial charge is 0.00355 e. The van der Waals surface area contributed by atoms with E-state index in [1.165, 1.54) is 38.8 Å². The lowest BCUT2D eigenvalue weighted by Crippen LogP contribution is -2.21. The maximum absolute atomic E-state index is 2.50. The van der Waals surface area contributed by atoms with E-state index in [-0.39, 0.29) is 0 Å². The van der Waals surface area contributed by atoms with Gasteiger partial charge in [0.2, 0.25) is 0 Å². The number of nitrogens with zero attached hydrogens (tertiary/aromatic N) is 1. The van der Waals surface area contributed by atoms with E-state index in [4.69, 9.17) is 0 Å². The van der Waals surface area contributed by atoms with Crippen molar-refractivity contribution < 1.29 is 0 Å². The van der Waals surface area contributed by atoms with Gasteiger partial charge < -0.3 is 4.90 Å². The van der Waals surface area contributed by atoms with Crippen LogP contribution in [0.1, 0.15) is 46.5 Å². The molecular formula is C12H25N. The van der Waals surface area contributed by atoms with E-state index in [0.717, 1.165) is 11.3 Å². The normalized spacial score (nSPS) is 39.2. The number of hydrogen-bond donors (Lipinski definition) is 0. The van der Waals surface area contributed by atoms with Gasteiger partial charge >= 0.3 is 0 Å². The van der Waals surface area contributed by atoms with Crippen molar-refractivity contribution in [3.8, 4) is 0 Å². The average molecular weight is 183 g/mol. The molecule has 1 nitrogen and oxygen atoms in total. The molecule has 1 saturated carbocycles. The second-order valence-corrected chi connectivity index (χ2v) is 4.84. The van der Waals surface area contributed by atoms with Crippen LogP contribution in [0, 0.1) is 11.3 Å². The Morgan fingerprint density at radius 2 is 1.92 bits per heavy atom. The van der Waals surface area contributed by atoms with Gasteiger partial charge in [-0.25, -0.2) is 0 Å². The SMILES string of the molecule is CC.C[C@@H]1CC[C@@]2(CCN(C)C2)C1. The van der Waals surface area contributed by atoms with Crippen molar-refractivity contribution >= 4 is 0 Å². The zero-order valence-electron chi connectivity index (χ0n) is 9.77. The first-order valence-corrected chi connectivity index (χ1v) is 5.89. The van der Waals surface area contributed by atoms with Crippen molar-refractivity contribution in [2.75, 3.05) is 20.1 Å². The molecule has 0 bridgehead atoms. The van der Waals surface area contributed by atoms with Gasteiger partial charge in [-0.1, -0.05) is 27.2 Å². The molecule has 0 aromatic rings. The molecule has 78 valence electrons. The van der Waals surface area contributed by atoms with E-state index in [9.17, 15) is 0 Å². The summed E-state index contributed by atoms with van der Waals surface area (Å²) in [6, 6.07) is 0. The van der Waals surface area contributed by atoms with Crippen molar-refractivity contribution in [1.82, 2.24) is 4.90 Å². The first kappa shape index (κ1) is 11.0. The topological polar surface area (TPSA) is 3.24 Å². The van der Waals surface area contributed by atoms with Crippen LogP contribution in [-0.2, 0) is 0 Å². The standard InChI is InChI=1S/C10H19N.C2H6/c1-9-3-4-10(7-9)5-6-11(2)8-10;1-2/h9H,3-8H2,1-2H3;1-2H3/t9-,10-;/m1./s1. The van der Waals surface area contributed by atoms with E-state index < -0.39 is 0 Å². The third-order valence-electron chi connectivity index (χ3n) is 3.58. The monoisotopic (exact) mass is 183 g/mol. The van der Waals surface area contributed by atoms with Crippen LogP contribution in [-0.4, -0.2) is 25.0 Å². The Kier molecular flexibility index (Phi) is 3.78. The van der Waals surface area contributed by atoms with Crippen LogP contribution < -0.4 is 0 Å². The Hall–Kier alpha value is -0.0400. The summed E-state index contributed by atoms with van der Waals surface area (Å²) in [5.74, 6) is 1.00. The van der Waals surface area contributed by atoms with Crippen molar-refractivity contribution in [3.05, 3.63) is 0 Å². The molecule has 0 unspecified atom stereocenters. The van der Waals surface area contributed by atoms with E-state index in [2.05, 4.69) is 18.9 Å². The average Bonchev–Trinajstić information content (AvgIpc) is 2.65. The van der Waals surface area contributed by atoms with Crippen LogP contribution in [0.3, 0.4) is 0 Å². The number of hydrogen-bond acceptors (Lipinski definition) is 1. The summed E-state index contributed by atoms with van der Waals surface area (Å²) in [7, 11) is 2.26. The van der Waals surface area contributed by atoms with Gasteiger partial charge in [0.1, 0.15) is 0 Å². The summed E-state index contributed by atoms with van der Waals surface area (Å²) >= 11 is 0. The van der Waals surface area contributed by atoms with Crippen LogP contribution >= 0.6 is 0 Å². The van der Waals surface area contributed by atoms with Gasteiger partial charge in [-0.05, 0) is 44.2 Å². The first-order valence-electron chi connectivity index (χ1n) is 5.89. The predicted octanol–water partition coefficient (Wildman–Crippen LogP) is 3.15. The second kappa shape index (κ2) is 4.45. The minimum atomic E-state index is 0.758. The molecule has 2 aliphatic rings. The fourth-order valence-corrected chi connectivity index (χ4v) is 3.03. The van der Waals surface area contributed by atoms with E-state index >= 15 is 0 Å². The van der Waals surface area contributed by atoms with Gasteiger partial charge in [0, 0.05) is 6.54 Å². The Morgan fingerprint density at radius 1 is 1.23 bits per heavy atom. The summed E-state index contributed by atoms with van der Waals surface area (Å²) in [6.07, 6.45) is 5.94. The molecule has 1 aliphatic heterocycles. The molecule has 1 heteroatoms. The fraction of sp³-hybridized carbons (Fsp3) is 1.00. The molecule has 2 atom stereocenters. The van der Waals surface area contributed by atoms with Crippen molar-refractivity contribution in [3.63, 3.8) is 0 Å². The molecule has 1 heterocycles. The molecule has 0 aromatic heterocycles. The van der Waals surface area contributed by atoms with Crippen molar-refractivity contribution in [1.29, 1.82) is 0 Å². The van der Waals surface area contributed by atoms with Crippen molar-refractivity contribution in [2.45, 2.75) is 46.5 Å².